The molecule has 0 atom stereocenters. The molecule has 0 bridgehead atoms. The zero-order valence-electron chi connectivity index (χ0n) is 14.3. The van der Waals surface area contributed by atoms with Crippen molar-refractivity contribution in [2.75, 3.05) is 32.8 Å². The van der Waals surface area contributed by atoms with Crippen molar-refractivity contribution in [1.29, 1.82) is 0 Å². The van der Waals surface area contributed by atoms with E-state index in [0.717, 1.165) is 19.8 Å². The van der Waals surface area contributed by atoms with Gasteiger partial charge in [-0.3, -0.25) is 14.6 Å². The highest BCUT2D eigenvalue weighted by Crippen LogP contribution is 2.31. The van der Waals surface area contributed by atoms with Gasteiger partial charge in [-0.1, -0.05) is 19.9 Å². The number of carbonyl (C=O) groups is 2. The fraction of sp³-hybridized carbons (Fsp3) is 0.750. The minimum Gasteiger partial charge on any atom is -0.443 e. The Morgan fingerprint density at radius 2 is 1.77 bits per heavy atom. The molecule has 1 spiro atoms. The molecule has 1 saturated heterocycles. The van der Waals surface area contributed by atoms with Gasteiger partial charge < -0.3 is 4.74 Å². The third kappa shape index (κ3) is 3.33. The number of hydrogen-bond acceptors (Lipinski definition) is 5. The minimum atomic E-state index is -0.621. The second-order valence-electron chi connectivity index (χ2n) is 7.02. The summed E-state index contributed by atoms with van der Waals surface area (Å²) in [4.78, 5) is 30.6. The molecule has 0 saturated carbocycles. The van der Waals surface area contributed by atoms with Gasteiger partial charge in [0, 0.05) is 19.2 Å². The summed E-state index contributed by atoms with van der Waals surface area (Å²) >= 11 is 0. The molecule has 2 amide bonds. The van der Waals surface area contributed by atoms with E-state index in [4.69, 9.17) is 4.74 Å². The molecule has 1 fully saturated rings. The molecule has 0 radical (unpaired) electrons. The van der Waals surface area contributed by atoms with Gasteiger partial charge in [-0.05, 0) is 33.9 Å². The number of imide groups is 1. The Kier molecular flexibility index (Phi) is 4.63. The Hall–Kier alpha value is -1.40. The maximum atomic E-state index is 12.5. The fourth-order valence-corrected chi connectivity index (χ4v) is 3.05. The van der Waals surface area contributed by atoms with Crippen molar-refractivity contribution in [3.8, 4) is 0 Å². The molecule has 22 heavy (non-hydrogen) atoms. The van der Waals surface area contributed by atoms with Crippen LogP contribution in [0.15, 0.2) is 12.2 Å². The summed E-state index contributed by atoms with van der Waals surface area (Å²) in [6, 6.07) is 0. The Morgan fingerprint density at radius 1 is 1.23 bits per heavy atom. The number of carbonyl (C=O) groups excluding carboxylic acids is 2. The molecular weight excluding hydrogens is 282 g/mol. The summed E-state index contributed by atoms with van der Waals surface area (Å²) in [6.07, 6.45) is 2.80. The summed E-state index contributed by atoms with van der Waals surface area (Å²) in [6.45, 7) is 13.5. The van der Waals surface area contributed by atoms with E-state index in [1.165, 1.54) is 11.0 Å². The van der Waals surface area contributed by atoms with Crippen molar-refractivity contribution in [2.45, 2.75) is 45.8 Å². The van der Waals surface area contributed by atoms with Gasteiger partial charge in [0.2, 0.25) is 0 Å². The topological polar surface area (TPSA) is 53.1 Å². The summed E-state index contributed by atoms with van der Waals surface area (Å²) < 4.78 is 5.45. The fourth-order valence-electron chi connectivity index (χ4n) is 3.05. The second kappa shape index (κ2) is 6.01. The third-order valence-electron chi connectivity index (χ3n) is 4.07. The molecular formula is C16H27N3O3. The van der Waals surface area contributed by atoms with Crippen LogP contribution in [0.2, 0.25) is 0 Å². The number of amides is 2. The molecule has 6 nitrogen and oxygen atoms in total. The summed E-state index contributed by atoms with van der Waals surface area (Å²) in [5.74, 6) is -0.289. The normalized spacial score (nSPS) is 22.6. The summed E-state index contributed by atoms with van der Waals surface area (Å²) in [5, 5.41) is 0. The van der Waals surface area contributed by atoms with Crippen LogP contribution < -0.4 is 0 Å². The van der Waals surface area contributed by atoms with Gasteiger partial charge >= 0.3 is 6.09 Å². The SMILES string of the molecule is CCN1CN(CC)CC2(C=CC(=O)N2C(=O)OC(C)(C)C)C1. The van der Waals surface area contributed by atoms with E-state index in [1.807, 2.05) is 26.8 Å². The lowest BCUT2D eigenvalue weighted by atomic mass is 9.95. The molecule has 0 unspecified atom stereocenters. The zero-order valence-corrected chi connectivity index (χ0v) is 14.3. The summed E-state index contributed by atoms with van der Waals surface area (Å²) in [5.41, 5.74) is -1.24. The largest absolute Gasteiger partial charge is 0.443 e. The van der Waals surface area contributed by atoms with Gasteiger partial charge in [0.1, 0.15) is 5.60 Å². The van der Waals surface area contributed by atoms with Gasteiger partial charge in [0.25, 0.3) is 5.91 Å². The van der Waals surface area contributed by atoms with Crippen LogP contribution in [0, 0.1) is 0 Å². The number of rotatable bonds is 2. The quantitative estimate of drug-likeness (QED) is 0.777. The van der Waals surface area contributed by atoms with E-state index in [2.05, 4.69) is 23.6 Å². The maximum Gasteiger partial charge on any atom is 0.418 e. The molecule has 2 aliphatic heterocycles. The van der Waals surface area contributed by atoms with E-state index in [0.29, 0.717) is 13.1 Å². The lowest BCUT2D eigenvalue weighted by Gasteiger charge is -2.48. The molecule has 0 aromatic carbocycles. The van der Waals surface area contributed by atoms with Crippen molar-refractivity contribution in [3.63, 3.8) is 0 Å². The zero-order chi connectivity index (χ0) is 16.5. The van der Waals surface area contributed by atoms with Crippen LogP contribution >= 0.6 is 0 Å². The van der Waals surface area contributed by atoms with Crippen LogP contribution in [0.3, 0.4) is 0 Å². The first-order chi connectivity index (χ1) is 10.2. The molecule has 0 aliphatic carbocycles. The van der Waals surface area contributed by atoms with Gasteiger partial charge in [-0.15, -0.1) is 0 Å². The lowest BCUT2D eigenvalue weighted by Crippen LogP contribution is -2.66. The van der Waals surface area contributed by atoms with Gasteiger partial charge in [0.15, 0.2) is 0 Å². The first-order valence-electron chi connectivity index (χ1n) is 7.92. The van der Waals surface area contributed by atoms with E-state index in [1.54, 1.807) is 0 Å². The van der Waals surface area contributed by atoms with Crippen molar-refractivity contribution >= 4 is 12.0 Å². The minimum absolute atomic E-state index is 0.289. The van der Waals surface area contributed by atoms with Crippen LogP contribution in [0.5, 0.6) is 0 Å². The average Bonchev–Trinajstić information content (AvgIpc) is 2.72. The first-order valence-corrected chi connectivity index (χ1v) is 7.92. The average molecular weight is 309 g/mol. The van der Waals surface area contributed by atoms with Crippen LogP contribution in [0.4, 0.5) is 4.79 Å². The van der Waals surface area contributed by atoms with Crippen LogP contribution in [0.1, 0.15) is 34.6 Å². The Bertz CT molecular complexity index is 470. The Labute approximate surface area is 132 Å². The van der Waals surface area contributed by atoms with Gasteiger partial charge in [-0.25, -0.2) is 9.69 Å². The molecule has 2 aliphatic rings. The Balaban J connectivity index is 2.28. The highest BCUT2D eigenvalue weighted by Gasteiger charge is 2.50. The predicted molar refractivity (Wildman–Crippen MR) is 84.3 cm³/mol. The van der Waals surface area contributed by atoms with Gasteiger partial charge in [0.05, 0.1) is 12.2 Å². The highest BCUT2D eigenvalue weighted by molar-refractivity contribution is 6.02. The summed E-state index contributed by atoms with van der Waals surface area (Å²) in [7, 11) is 0. The third-order valence-corrected chi connectivity index (χ3v) is 4.07. The number of nitrogens with zero attached hydrogens (tertiary/aromatic N) is 3. The molecule has 2 rings (SSSR count). The van der Waals surface area contributed by atoms with Crippen molar-refractivity contribution in [3.05, 3.63) is 12.2 Å². The number of ether oxygens (including phenoxy) is 1. The molecule has 124 valence electrons. The van der Waals surface area contributed by atoms with E-state index in [-0.39, 0.29) is 5.91 Å². The number of hydrogen-bond donors (Lipinski definition) is 0. The highest BCUT2D eigenvalue weighted by atomic mass is 16.6. The van der Waals surface area contributed by atoms with E-state index < -0.39 is 17.2 Å². The molecule has 0 aromatic heterocycles. The molecule has 6 heteroatoms. The lowest BCUT2D eigenvalue weighted by molar-refractivity contribution is -0.130. The number of likely N-dealkylation sites (N-methyl/N-ethyl adjacent to an activating group) is 2. The van der Waals surface area contributed by atoms with Crippen molar-refractivity contribution < 1.29 is 14.3 Å². The standard InChI is InChI=1S/C16H27N3O3/c1-6-17-10-16(11-18(7-2)12-17)9-8-13(20)19(16)14(21)22-15(3,4)5/h8-9H,6-7,10-12H2,1-5H3. The van der Waals surface area contributed by atoms with Crippen LogP contribution in [-0.4, -0.2) is 70.7 Å². The van der Waals surface area contributed by atoms with Crippen LogP contribution in [0.25, 0.3) is 0 Å². The molecule has 2 heterocycles. The monoisotopic (exact) mass is 309 g/mol. The predicted octanol–water partition coefficient (Wildman–Crippen LogP) is 1.67. The van der Waals surface area contributed by atoms with Crippen molar-refractivity contribution in [1.82, 2.24) is 14.7 Å². The van der Waals surface area contributed by atoms with Crippen LogP contribution in [-0.2, 0) is 9.53 Å². The smallest absolute Gasteiger partial charge is 0.418 e. The van der Waals surface area contributed by atoms with E-state index >= 15 is 0 Å². The maximum absolute atomic E-state index is 12.5. The van der Waals surface area contributed by atoms with Crippen molar-refractivity contribution in [2.24, 2.45) is 0 Å². The Morgan fingerprint density at radius 3 is 2.23 bits per heavy atom. The van der Waals surface area contributed by atoms with E-state index in [9.17, 15) is 9.59 Å². The first kappa shape index (κ1) is 17.0. The molecule has 0 aromatic rings. The van der Waals surface area contributed by atoms with Gasteiger partial charge in [-0.2, -0.15) is 0 Å². The second-order valence-corrected chi connectivity index (χ2v) is 7.02. The molecule has 0 N–H and O–H groups in total.